The normalized spacial score (nSPS) is 24.3. The lowest BCUT2D eigenvalue weighted by atomic mass is 10.1. The zero-order chi connectivity index (χ0) is 24.3. The van der Waals surface area contributed by atoms with E-state index in [0.717, 1.165) is 23.8 Å². The van der Waals surface area contributed by atoms with Gasteiger partial charge in [0.1, 0.15) is 18.0 Å². The van der Waals surface area contributed by atoms with Gasteiger partial charge in [-0.2, -0.15) is 4.98 Å². The number of ether oxygens (including phenoxy) is 2. The number of unbranched alkanes of at least 4 members (excludes halogenated alkanes) is 7. The molecule has 13 nitrogen and oxygen atoms in total. The highest BCUT2D eigenvalue weighted by atomic mass is 16.6. The van der Waals surface area contributed by atoms with Crippen molar-refractivity contribution in [1.29, 1.82) is 0 Å². The van der Waals surface area contributed by atoms with Crippen LogP contribution in [0, 0.1) is 0 Å². The fourth-order valence-electron chi connectivity index (χ4n) is 3.53. The zero-order valence-electron chi connectivity index (χ0n) is 18.7. The number of azide groups is 1. The van der Waals surface area contributed by atoms with Crippen molar-refractivity contribution in [2.45, 2.75) is 82.5 Å². The van der Waals surface area contributed by atoms with Gasteiger partial charge < -0.3 is 24.8 Å². The minimum absolute atomic E-state index is 0.0753. The molecule has 2 rings (SSSR count). The number of hydrogen-bond donors (Lipinski definition) is 4. The summed E-state index contributed by atoms with van der Waals surface area (Å²) in [6, 6.07) is 1.27. The van der Waals surface area contributed by atoms with Crippen molar-refractivity contribution < 1.29 is 29.6 Å². The van der Waals surface area contributed by atoms with E-state index in [4.69, 9.17) is 15.0 Å². The van der Waals surface area contributed by atoms with Crippen LogP contribution < -0.4 is 11.0 Å². The lowest BCUT2D eigenvalue weighted by Crippen LogP contribution is -2.44. The summed E-state index contributed by atoms with van der Waals surface area (Å²) >= 11 is 0. The molecule has 0 spiro atoms. The summed E-state index contributed by atoms with van der Waals surface area (Å²) in [6.45, 7) is 1.51. The topological polar surface area (TPSA) is 192 Å². The largest absolute Gasteiger partial charge is 0.449 e. The van der Waals surface area contributed by atoms with Crippen LogP contribution >= 0.6 is 0 Å². The highest BCUT2D eigenvalue weighted by Crippen LogP contribution is 2.37. The van der Waals surface area contributed by atoms with Crippen LogP contribution in [-0.4, -0.2) is 62.1 Å². The fourth-order valence-corrected chi connectivity index (χ4v) is 3.53. The Balaban J connectivity index is 1.84. The summed E-state index contributed by atoms with van der Waals surface area (Å²) in [4.78, 5) is 30.5. The molecule has 1 aromatic rings. The number of nitrogens with zero attached hydrogens (tertiary/aromatic N) is 5. The molecule has 0 aliphatic carbocycles. The van der Waals surface area contributed by atoms with Gasteiger partial charge in [0.15, 0.2) is 6.23 Å². The quantitative estimate of drug-likeness (QED) is 0.146. The van der Waals surface area contributed by atoms with E-state index < -0.39 is 42.6 Å². The van der Waals surface area contributed by atoms with Gasteiger partial charge in [-0.05, 0) is 18.0 Å². The van der Waals surface area contributed by atoms with E-state index in [1.807, 2.05) is 0 Å². The van der Waals surface area contributed by atoms with Gasteiger partial charge >= 0.3 is 11.8 Å². The monoisotopic (exact) mass is 468 g/mol. The van der Waals surface area contributed by atoms with Crippen LogP contribution in [0.1, 0.15) is 64.5 Å². The molecule has 1 amide bonds. The van der Waals surface area contributed by atoms with Gasteiger partial charge in [0, 0.05) is 11.1 Å². The number of rotatable bonds is 13. The van der Waals surface area contributed by atoms with E-state index >= 15 is 0 Å². The highest BCUT2D eigenvalue weighted by Gasteiger charge is 2.54. The predicted molar refractivity (Wildman–Crippen MR) is 117 cm³/mol. The van der Waals surface area contributed by atoms with Crippen molar-refractivity contribution in [3.63, 3.8) is 0 Å². The molecular formula is C20H32N6O7. The van der Waals surface area contributed by atoms with Gasteiger partial charge in [0.05, 0.1) is 13.2 Å². The average Bonchev–Trinajstić information content (AvgIpc) is 3.04. The molecule has 0 saturated carbocycles. The summed E-state index contributed by atoms with van der Waals surface area (Å²) in [5, 5.41) is 35.3. The van der Waals surface area contributed by atoms with E-state index in [9.17, 15) is 24.9 Å². The molecule has 1 aromatic heterocycles. The Labute approximate surface area is 191 Å². The number of aliphatic hydroxyl groups excluding tert-OH is 3. The van der Waals surface area contributed by atoms with Gasteiger partial charge in [-0.3, -0.25) is 9.88 Å². The van der Waals surface area contributed by atoms with E-state index in [0.29, 0.717) is 0 Å². The highest BCUT2D eigenvalue weighted by molar-refractivity contribution is 5.83. The molecular weight excluding hydrogens is 436 g/mol. The summed E-state index contributed by atoms with van der Waals surface area (Å²) in [5.41, 5.74) is 5.58. The molecule has 184 valence electrons. The Morgan fingerprint density at radius 1 is 1.30 bits per heavy atom. The van der Waals surface area contributed by atoms with Crippen molar-refractivity contribution in [1.82, 2.24) is 9.55 Å². The van der Waals surface area contributed by atoms with Gasteiger partial charge in [-0.15, -0.1) is 0 Å². The van der Waals surface area contributed by atoms with Crippen LogP contribution in [0.15, 0.2) is 22.2 Å². The molecule has 1 fully saturated rings. The van der Waals surface area contributed by atoms with Crippen molar-refractivity contribution in [2.75, 3.05) is 18.5 Å². The zero-order valence-corrected chi connectivity index (χ0v) is 18.7. The van der Waals surface area contributed by atoms with E-state index in [1.54, 1.807) is 0 Å². The molecule has 33 heavy (non-hydrogen) atoms. The third kappa shape index (κ3) is 7.14. The molecule has 0 aromatic carbocycles. The standard InChI is InChI=1S/C20H32N6O7/c1-2-3-4-5-6-7-8-9-12-32-19(31)23-14-10-11-26(18(30)22-14)17-15(28)16(29)20(13-27,33-17)24-25-21/h10-11,15-17,27-29H,2-9,12-13H2,1H3,(H,22,23,30,31)/t15-,16-,17+,20?/m0/s1. The van der Waals surface area contributed by atoms with Crippen molar-refractivity contribution >= 4 is 11.9 Å². The number of carbonyl (C=O) groups is 1. The third-order valence-corrected chi connectivity index (χ3v) is 5.41. The van der Waals surface area contributed by atoms with Crippen LogP contribution in [-0.2, 0) is 9.47 Å². The smallest absolute Gasteiger partial charge is 0.412 e. The maximum Gasteiger partial charge on any atom is 0.412 e. The summed E-state index contributed by atoms with van der Waals surface area (Å²) < 4.78 is 11.2. The van der Waals surface area contributed by atoms with E-state index in [2.05, 4.69) is 27.3 Å². The number of anilines is 1. The Morgan fingerprint density at radius 2 is 1.97 bits per heavy atom. The van der Waals surface area contributed by atoms with Gasteiger partial charge in [0.25, 0.3) is 0 Å². The molecule has 0 radical (unpaired) electrons. The summed E-state index contributed by atoms with van der Waals surface area (Å²) in [6.07, 6.45) is 4.42. The predicted octanol–water partition coefficient (Wildman–Crippen LogP) is 2.18. The molecule has 0 bridgehead atoms. The number of aliphatic hydroxyl groups is 3. The number of aromatic nitrogens is 2. The van der Waals surface area contributed by atoms with Crippen LogP contribution in [0.5, 0.6) is 0 Å². The number of carbonyl (C=O) groups excluding carboxylic acids is 1. The minimum Gasteiger partial charge on any atom is -0.449 e. The van der Waals surface area contributed by atoms with Crippen LogP contribution in [0.2, 0.25) is 0 Å². The Hall–Kier alpha value is -2.70. The van der Waals surface area contributed by atoms with Gasteiger partial charge in [-0.1, -0.05) is 57.0 Å². The summed E-state index contributed by atoms with van der Waals surface area (Å²) in [7, 11) is 0. The second kappa shape index (κ2) is 13.1. The first-order valence-electron chi connectivity index (χ1n) is 11.1. The molecule has 1 saturated heterocycles. The van der Waals surface area contributed by atoms with Crippen molar-refractivity contribution in [3.8, 4) is 0 Å². The van der Waals surface area contributed by atoms with Crippen molar-refractivity contribution in [3.05, 3.63) is 33.2 Å². The first-order valence-corrected chi connectivity index (χ1v) is 11.1. The van der Waals surface area contributed by atoms with Crippen molar-refractivity contribution in [2.24, 2.45) is 5.11 Å². The second-order valence-electron chi connectivity index (χ2n) is 7.87. The van der Waals surface area contributed by atoms with Gasteiger partial charge in [-0.25, -0.2) is 9.59 Å². The van der Waals surface area contributed by atoms with Crippen LogP contribution in [0.4, 0.5) is 10.6 Å². The Morgan fingerprint density at radius 3 is 2.58 bits per heavy atom. The second-order valence-corrected chi connectivity index (χ2v) is 7.87. The van der Waals surface area contributed by atoms with Gasteiger partial charge in [0.2, 0.25) is 5.72 Å². The fraction of sp³-hybridized carbons (Fsp3) is 0.750. The molecule has 1 unspecified atom stereocenters. The van der Waals surface area contributed by atoms with E-state index in [1.165, 1.54) is 44.4 Å². The maximum atomic E-state index is 12.4. The lowest BCUT2D eigenvalue weighted by Gasteiger charge is -2.23. The van der Waals surface area contributed by atoms with Crippen LogP contribution in [0.3, 0.4) is 0 Å². The molecule has 1 aliphatic rings. The molecule has 4 N–H and O–H groups in total. The first-order chi connectivity index (χ1) is 15.9. The van der Waals surface area contributed by atoms with E-state index in [-0.39, 0.29) is 12.4 Å². The number of nitrogens with one attached hydrogen (secondary N) is 1. The third-order valence-electron chi connectivity index (χ3n) is 5.41. The Bertz CT molecular complexity index is 875. The molecule has 13 heteroatoms. The van der Waals surface area contributed by atoms with Crippen LogP contribution in [0.25, 0.3) is 10.4 Å². The minimum atomic E-state index is -2.14. The average molecular weight is 469 g/mol. The molecule has 1 aliphatic heterocycles. The Kier molecular flexibility index (Phi) is 10.6. The first kappa shape index (κ1) is 26.6. The maximum absolute atomic E-state index is 12.4. The number of amides is 1. The lowest BCUT2D eigenvalue weighted by molar-refractivity contribution is -0.125. The number of hydrogen-bond acceptors (Lipinski definition) is 9. The SMILES string of the molecule is CCCCCCCCCCOC(=O)Nc1ccn([C@@H]2OC(CO)(N=[N+]=[N-])[C@@H](O)[C@@H]2O)c(=O)n1. The molecule has 4 atom stereocenters. The summed E-state index contributed by atoms with van der Waals surface area (Å²) in [5.74, 6) is -0.0753. The molecule has 2 heterocycles.